The van der Waals surface area contributed by atoms with E-state index in [1.165, 1.54) is 11.8 Å². The van der Waals surface area contributed by atoms with Gasteiger partial charge in [-0.2, -0.15) is 0 Å². The van der Waals surface area contributed by atoms with Crippen LogP contribution in [-0.2, 0) is 11.3 Å². The van der Waals surface area contributed by atoms with Crippen LogP contribution in [0.4, 0.5) is 5.69 Å². The van der Waals surface area contributed by atoms with E-state index in [2.05, 4.69) is 21.8 Å². The summed E-state index contributed by atoms with van der Waals surface area (Å²) >= 11 is 1.43. The Labute approximate surface area is 169 Å². The number of hydrogen-bond acceptors (Lipinski definition) is 5. The summed E-state index contributed by atoms with van der Waals surface area (Å²) in [5.41, 5.74) is 2.63. The fourth-order valence-corrected chi connectivity index (χ4v) is 3.81. The van der Waals surface area contributed by atoms with Gasteiger partial charge in [0, 0.05) is 12.6 Å². The lowest BCUT2D eigenvalue weighted by molar-refractivity contribution is -0.113. The Morgan fingerprint density at radius 1 is 1.11 bits per heavy atom. The minimum Gasteiger partial charge on any atom is -0.494 e. The number of aryl methyl sites for hydroxylation is 1. The van der Waals surface area contributed by atoms with Crippen LogP contribution in [0, 0.1) is 0 Å². The maximum atomic E-state index is 12.6. The SMILES string of the molecule is CCOc1ccc(OCC)c(NC(=O)CSc2nc3ccccc3n2CC)c1. The second-order valence-corrected chi connectivity index (χ2v) is 6.93. The monoisotopic (exact) mass is 399 g/mol. The summed E-state index contributed by atoms with van der Waals surface area (Å²) in [7, 11) is 0. The third-order valence-corrected chi connectivity index (χ3v) is 5.08. The number of aromatic nitrogens is 2. The van der Waals surface area contributed by atoms with E-state index in [0.717, 1.165) is 22.7 Å². The summed E-state index contributed by atoms with van der Waals surface area (Å²) in [5.74, 6) is 1.47. The molecule has 1 aromatic heterocycles. The molecule has 0 aliphatic carbocycles. The summed E-state index contributed by atoms with van der Waals surface area (Å²) < 4.78 is 13.3. The number of hydrogen-bond donors (Lipinski definition) is 1. The van der Waals surface area contributed by atoms with E-state index >= 15 is 0 Å². The first-order valence-electron chi connectivity index (χ1n) is 9.43. The van der Waals surface area contributed by atoms with E-state index in [9.17, 15) is 4.79 Å². The summed E-state index contributed by atoms with van der Waals surface area (Å²) in [6.45, 7) is 7.79. The van der Waals surface area contributed by atoms with E-state index in [4.69, 9.17) is 9.47 Å². The predicted octanol–water partition coefficient (Wildman–Crippen LogP) is 4.58. The first-order chi connectivity index (χ1) is 13.7. The Bertz CT molecular complexity index is 955. The minimum absolute atomic E-state index is 0.116. The number of amides is 1. The van der Waals surface area contributed by atoms with Crippen LogP contribution in [-0.4, -0.2) is 34.4 Å². The molecule has 1 amide bonds. The van der Waals surface area contributed by atoms with E-state index in [1.807, 2.05) is 50.2 Å². The number of fused-ring (bicyclic) bond motifs is 1. The highest BCUT2D eigenvalue weighted by Gasteiger charge is 2.14. The van der Waals surface area contributed by atoms with Crippen LogP contribution in [0.25, 0.3) is 11.0 Å². The van der Waals surface area contributed by atoms with Crippen molar-refractivity contribution in [3.8, 4) is 11.5 Å². The molecular formula is C21H25N3O3S. The Morgan fingerprint density at radius 2 is 1.89 bits per heavy atom. The zero-order valence-electron chi connectivity index (χ0n) is 16.4. The van der Waals surface area contributed by atoms with Crippen LogP contribution < -0.4 is 14.8 Å². The van der Waals surface area contributed by atoms with Gasteiger partial charge in [-0.15, -0.1) is 0 Å². The highest BCUT2D eigenvalue weighted by atomic mass is 32.2. The van der Waals surface area contributed by atoms with Gasteiger partial charge < -0.3 is 19.4 Å². The molecule has 0 fully saturated rings. The molecule has 1 N–H and O–H groups in total. The molecule has 6 nitrogen and oxygen atoms in total. The first-order valence-corrected chi connectivity index (χ1v) is 10.4. The molecule has 0 radical (unpaired) electrons. The van der Waals surface area contributed by atoms with Gasteiger partial charge in [-0.05, 0) is 45.0 Å². The summed E-state index contributed by atoms with van der Waals surface area (Å²) in [4.78, 5) is 17.2. The van der Waals surface area contributed by atoms with Crippen LogP contribution in [0.1, 0.15) is 20.8 Å². The summed E-state index contributed by atoms with van der Waals surface area (Å²) in [5, 5.41) is 3.77. The fourth-order valence-electron chi connectivity index (χ4n) is 2.93. The Balaban J connectivity index is 1.71. The second-order valence-electron chi connectivity index (χ2n) is 5.99. The van der Waals surface area contributed by atoms with Crippen molar-refractivity contribution in [2.45, 2.75) is 32.5 Å². The van der Waals surface area contributed by atoms with Crippen LogP contribution in [0.15, 0.2) is 47.6 Å². The smallest absolute Gasteiger partial charge is 0.234 e. The van der Waals surface area contributed by atoms with Gasteiger partial charge >= 0.3 is 0 Å². The molecule has 0 unspecified atom stereocenters. The number of rotatable bonds is 9. The normalized spacial score (nSPS) is 10.8. The lowest BCUT2D eigenvalue weighted by atomic mass is 10.2. The summed E-state index contributed by atoms with van der Waals surface area (Å²) in [6, 6.07) is 13.4. The predicted molar refractivity (Wildman–Crippen MR) is 114 cm³/mol. The number of thioether (sulfide) groups is 1. The zero-order chi connectivity index (χ0) is 19.9. The van der Waals surface area contributed by atoms with E-state index in [1.54, 1.807) is 6.07 Å². The van der Waals surface area contributed by atoms with Gasteiger partial charge in [0.25, 0.3) is 0 Å². The number of imidazole rings is 1. The molecule has 0 atom stereocenters. The Hall–Kier alpha value is -2.67. The Kier molecular flexibility index (Phi) is 6.81. The minimum atomic E-state index is -0.116. The lowest BCUT2D eigenvalue weighted by Crippen LogP contribution is -2.15. The van der Waals surface area contributed by atoms with Gasteiger partial charge in [-0.3, -0.25) is 4.79 Å². The molecule has 0 saturated heterocycles. The number of ether oxygens (including phenoxy) is 2. The van der Waals surface area contributed by atoms with Crippen LogP contribution in [0.3, 0.4) is 0 Å². The lowest BCUT2D eigenvalue weighted by Gasteiger charge is -2.13. The summed E-state index contributed by atoms with van der Waals surface area (Å²) in [6.07, 6.45) is 0. The third-order valence-electron chi connectivity index (χ3n) is 4.10. The standard InChI is InChI=1S/C21H25N3O3S/c1-4-24-18-10-8-7-9-16(18)23-21(24)28-14-20(25)22-17-13-15(26-5-2)11-12-19(17)27-6-3/h7-13H,4-6,14H2,1-3H3,(H,22,25). The van der Waals surface area contributed by atoms with Crippen molar-refractivity contribution < 1.29 is 14.3 Å². The molecular weight excluding hydrogens is 374 g/mol. The molecule has 0 bridgehead atoms. The number of benzene rings is 2. The number of carbonyl (C=O) groups is 1. The van der Waals surface area contributed by atoms with Crippen molar-refractivity contribution in [2.24, 2.45) is 0 Å². The third kappa shape index (κ3) is 4.59. The number of carbonyl (C=O) groups excluding carboxylic acids is 1. The van der Waals surface area contributed by atoms with Crippen molar-refractivity contribution in [2.75, 3.05) is 24.3 Å². The maximum absolute atomic E-state index is 12.6. The van der Waals surface area contributed by atoms with Gasteiger partial charge in [-0.1, -0.05) is 23.9 Å². The Morgan fingerprint density at radius 3 is 2.64 bits per heavy atom. The molecule has 1 heterocycles. The molecule has 0 spiro atoms. The molecule has 3 aromatic rings. The molecule has 0 aliphatic heterocycles. The van der Waals surface area contributed by atoms with Gasteiger partial charge in [-0.25, -0.2) is 4.98 Å². The zero-order valence-corrected chi connectivity index (χ0v) is 17.2. The average molecular weight is 400 g/mol. The molecule has 0 aliphatic rings. The van der Waals surface area contributed by atoms with Gasteiger partial charge in [0.05, 0.1) is 35.7 Å². The second kappa shape index (κ2) is 9.50. The van der Waals surface area contributed by atoms with Crippen LogP contribution in [0.5, 0.6) is 11.5 Å². The molecule has 3 rings (SSSR count). The van der Waals surface area contributed by atoms with Crippen LogP contribution in [0.2, 0.25) is 0 Å². The van der Waals surface area contributed by atoms with Gasteiger partial charge in [0.15, 0.2) is 5.16 Å². The van der Waals surface area contributed by atoms with Crippen molar-refractivity contribution in [3.63, 3.8) is 0 Å². The molecule has 7 heteroatoms. The van der Waals surface area contributed by atoms with Crippen molar-refractivity contribution in [1.29, 1.82) is 0 Å². The van der Waals surface area contributed by atoms with Crippen LogP contribution >= 0.6 is 11.8 Å². The maximum Gasteiger partial charge on any atom is 0.234 e. The quantitative estimate of drug-likeness (QED) is 0.533. The average Bonchev–Trinajstić information content (AvgIpc) is 3.06. The number of para-hydroxylation sites is 2. The number of nitrogens with one attached hydrogen (secondary N) is 1. The number of anilines is 1. The first kappa shape index (κ1) is 20.1. The van der Waals surface area contributed by atoms with E-state index < -0.39 is 0 Å². The van der Waals surface area contributed by atoms with Gasteiger partial charge in [0.1, 0.15) is 11.5 Å². The highest BCUT2D eigenvalue weighted by molar-refractivity contribution is 7.99. The van der Waals surface area contributed by atoms with E-state index in [-0.39, 0.29) is 11.7 Å². The molecule has 148 valence electrons. The fraction of sp³-hybridized carbons (Fsp3) is 0.333. The number of nitrogens with zero attached hydrogens (tertiary/aromatic N) is 2. The van der Waals surface area contributed by atoms with Crippen molar-refractivity contribution in [1.82, 2.24) is 9.55 Å². The van der Waals surface area contributed by atoms with Crippen molar-refractivity contribution >= 4 is 34.4 Å². The van der Waals surface area contributed by atoms with E-state index in [0.29, 0.717) is 30.4 Å². The van der Waals surface area contributed by atoms with Crippen molar-refractivity contribution in [3.05, 3.63) is 42.5 Å². The molecule has 2 aromatic carbocycles. The highest BCUT2D eigenvalue weighted by Crippen LogP contribution is 2.30. The largest absolute Gasteiger partial charge is 0.494 e. The molecule has 28 heavy (non-hydrogen) atoms. The molecule has 0 saturated carbocycles. The van der Waals surface area contributed by atoms with Gasteiger partial charge in [0.2, 0.25) is 5.91 Å². The topological polar surface area (TPSA) is 65.4 Å².